The summed E-state index contributed by atoms with van der Waals surface area (Å²) < 4.78 is 13.7. The SMILES string of the molecule is CN(Cc1c(F)cccc1Cl)C(=O)CNc1cccc(CO)c1. The average molecular weight is 337 g/mol. The summed E-state index contributed by atoms with van der Waals surface area (Å²) in [5.41, 5.74) is 1.79. The summed E-state index contributed by atoms with van der Waals surface area (Å²) in [6.45, 7) is 0.106. The molecule has 4 nitrogen and oxygen atoms in total. The molecule has 2 rings (SSSR count). The zero-order valence-corrected chi connectivity index (χ0v) is 13.5. The molecule has 2 aromatic carbocycles. The fraction of sp³-hybridized carbons (Fsp3) is 0.235. The van der Waals surface area contributed by atoms with E-state index in [9.17, 15) is 9.18 Å². The van der Waals surface area contributed by atoms with Crippen molar-refractivity contribution < 1.29 is 14.3 Å². The molecule has 1 amide bonds. The van der Waals surface area contributed by atoms with Crippen LogP contribution < -0.4 is 5.32 Å². The zero-order chi connectivity index (χ0) is 16.8. The molecule has 0 spiro atoms. The molecule has 0 atom stereocenters. The first-order valence-electron chi connectivity index (χ1n) is 7.11. The Morgan fingerprint density at radius 2 is 2.04 bits per heavy atom. The predicted octanol–water partition coefficient (Wildman–Crippen LogP) is 3.04. The Kier molecular flexibility index (Phi) is 5.96. The fourth-order valence-electron chi connectivity index (χ4n) is 2.10. The van der Waals surface area contributed by atoms with E-state index in [1.165, 1.54) is 17.0 Å². The number of hydrogen-bond donors (Lipinski definition) is 2. The van der Waals surface area contributed by atoms with Crippen molar-refractivity contribution in [2.45, 2.75) is 13.2 Å². The highest BCUT2D eigenvalue weighted by Gasteiger charge is 2.14. The third kappa shape index (κ3) is 4.68. The second kappa shape index (κ2) is 7.94. The normalized spacial score (nSPS) is 10.4. The van der Waals surface area contributed by atoms with Gasteiger partial charge >= 0.3 is 0 Å². The molecule has 0 aliphatic heterocycles. The first-order chi connectivity index (χ1) is 11.0. The third-order valence-corrected chi connectivity index (χ3v) is 3.79. The highest BCUT2D eigenvalue weighted by atomic mass is 35.5. The Balaban J connectivity index is 1.95. The second-order valence-electron chi connectivity index (χ2n) is 5.16. The van der Waals surface area contributed by atoms with Crippen LogP contribution in [0.1, 0.15) is 11.1 Å². The van der Waals surface area contributed by atoms with Crippen molar-refractivity contribution in [1.82, 2.24) is 4.90 Å². The minimum Gasteiger partial charge on any atom is -0.392 e. The molecule has 0 aliphatic carbocycles. The number of rotatable bonds is 6. The molecule has 0 saturated heterocycles. The monoisotopic (exact) mass is 336 g/mol. The van der Waals surface area contributed by atoms with E-state index in [1.807, 2.05) is 0 Å². The van der Waals surface area contributed by atoms with E-state index in [1.54, 1.807) is 37.4 Å². The van der Waals surface area contributed by atoms with Crippen molar-refractivity contribution in [3.05, 3.63) is 64.4 Å². The summed E-state index contributed by atoms with van der Waals surface area (Å²) in [5, 5.41) is 12.4. The van der Waals surface area contributed by atoms with Gasteiger partial charge in [-0.3, -0.25) is 4.79 Å². The zero-order valence-electron chi connectivity index (χ0n) is 12.7. The molecule has 0 aromatic heterocycles. The summed E-state index contributed by atoms with van der Waals surface area (Å²) in [6.07, 6.45) is 0. The smallest absolute Gasteiger partial charge is 0.241 e. The van der Waals surface area contributed by atoms with Gasteiger partial charge in [0, 0.05) is 29.9 Å². The Hall–Kier alpha value is -2.11. The number of likely N-dealkylation sites (N-methyl/N-ethyl adjacent to an activating group) is 1. The Morgan fingerprint density at radius 3 is 2.74 bits per heavy atom. The molecular formula is C17H18ClFN2O2. The number of amides is 1. The van der Waals surface area contributed by atoms with Crippen molar-refractivity contribution in [3.8, 4) is 0 Å². The quantitative estimate of drug-likeness (QED) is 0.852. The number of carbonyl (C=O) groups is 1. The molecule has 23 heavy (non-hydrogen) atoms. The van der Waals surface area contributed by atoms with Crippen LogP contribution in [0.25, 0.3) is 0 Å². The van der Waals surface area contributed by atoms with E-state index in [0.717, 1.165) is 11.3 Å². The lowest BCUT2D eigenvalue weighted by Crippen LogP contribution is -2.32. The van der Waals surface area contributed by atoms with Crippen LogP contribution in [0, 0.1) is 5.82 Å². The maximum Gasteiger partial charge on any atom is 0.241 e. The number of aliphatic hydroxyl groups excluding tert-OH is 1. The molecule has 0 saturated carbocycles. The highest BCUT2D eigenvalue weighted by Crippen LogP contribution is 2.20. The number of carbonyl (C=O) groups excluding carboxylic acids is 1. The Labute approximate surface area is 139 Å². The topological polar surface area (TPSA) is 52.6 Å². The summed E-state index contributed by atoms with van der Waals surface area (Å²) >= 11 is 5.97. The van der Waals surface area contributed by atoms with E-state index < -0.39 is 5.82 Å². The molecule has 6 heteroatoms. The second-order valence-corrected chi connectivity index (χ2v) is 5.57. The van der Waals surface area contributed by atoms with Crippen molar-refractivity contribution in [2.75, 3.05) is 18.9 Å². The lowest BCUT2D eigenvalue weighted by Gasteiger charge is -2.19. The number of anilines is 1. The van der Waals surface area contributed by atoms with Gasteiger partial charge in [-0.15, -0.1) is 0 Å². The van der Waals surface area contributed by atoms with Crippen molar-refractivity contribution in [1.29, 1.82) is 0 Å². The number of halogens is 2. The summed E-state index contributed by atoms with van der Waals surface area (Å²) in [7, 11) is 1.59. The fourth-order valence-corrected chi connectivity index (χ4v) is 2.32. The van der Waals surface area contributed by atoms with Gasteiger partial charge in [-0.05, 0) is 29.8 Å². The standard InChI is InChI=1S/C17H18ClFN2O2/c1-21(10-14-15(18)6-3-7-16(14)19)17(23)9-20-13-5-2-4-12(8-13)11-22/h2-8,20,22H,9-11H2,1H3. The number of aliphatic hydroxyl groups is 1. The number of nitrogens with one attached hydrogen (secondary N) is 1. The van der Waals surface area contributed by atoms with E-state index in [0.29, 0.717) is 10.6 Å². The van der Waals surface area contributed by atoms with Gasteiger partial charge in [-0.2, -0.15) is 0 Å². The summed E-state index contributed by atoms with van der Waals surface area (Å²) in [4.78, 5) is 13.6. The average Bonchev–Trinajstić information content (AvgIpc) is 2.56. The summed E-state index contributed by atoms with van der Waals surface area (Å²) in [5.74, 6) is -0.625. The van der Waals surface area contributed by atoms with Gasteiger partial charge in [0.15, 0.2) is 0 Å². The van der Waals surface area contributed by atoms with Gasteiger partial charge in [0.05, 0.1) is 13.2 Å². The lowest BCUT2D eigenvalue weighted by atomic mass is 10.2. The van der Waals surface area contributed by atoms with E-state index in [4.69, 9.17) is 16.7 Å². The van der Waals surface area contributed by atoms with Gasteiger partial charge < -0.3 is 15.3 Å². The number of hydrogen-bond acceptors (Lipinski definition) is 3. The van der Waals surface area contributed by atoms with Crippen LogP contribution in [0.4, 0.5) is 10.1 Å². The maximum atomic E-state index is 13.7. The van der Waals surface area contributed by atoms with Crippen LogP contribution in [-0.2, 0) is 17.9 Å². The molecule has 0 radical (unpaired) electrons. The first kappa shape index (κ1) is 17.2. The van der Waals surface area contributed by atoms with Crippen molar-refractivity contribution in [2.24, 2.45) is 0 Å². The van der Waals surface area contributed by atoms with Crippen molar-refractivity contribution in [3.63, 3.8) is 0 Å². The number of nitrogens with zero attached hydrogens (tertiary/aromatic N) is 1. The third-order valence-electron chi connectivity index (χ3n) is 3.44. The van der Waals surface area contributed by atoms with E-state index in [2.05, 4.69) is 5.32 Å². The molecule has 0 bridgehead atoms. The first-order valence-corrected chi connectivity index (χ1v) is 7.49. The van der Waals surface area contributed by atoms with Crippen LogP contribution in [0.15, 0.2) is 42.5 Å². The minimum absolute atomic E-state index is 0.0604. The number of benzene rings is 2. The molecule has 0 heterocycles. The lowest BCUT2D eigenvalue weighted by molar-refractivity contribution is -0.128. The van der Waals surface area contributed by atoms with Gasteiger partial charge in [0.1, 0.15) is 5.82 Å². The van der Waals surface area contributed by atoms with E-state index in [-0.39, 0.29) is 25.6 Å². The van der Waals surface area contributed by atoms with E-state index >= 15 is 0 Å². The highest BCUT2D eigenvalue weighted by molar-refractivity contribution is 6.31. The van der Waals surface area contributed by atoms with Gasteiger partial charge in [-0.25, -0.2) is 4.39 Å². The van der Waals surface area contributed by atoms with Crippen molar-refractivity contribution >= 4 is 23.2 Å². The van der Waals surface area contributed by atoms with Crippen LogP contribution in [0.2, 0.25) is 5.02 Å². The van der Waals surface area contributed by atoms with Crippen LogP contribution in [0.3, 0.4) is 0 Å². The van der Waals surface area contributed by atoms with Crippen LogP contribution in [-0.4, -0.2) is 29.5 Å². The Bertz CT molecular complexity index is 674. The summed E-state index contributed by atoms with van der Waals surface area (Å²) in [6, 6.07) is 11.6. The molecule has 0 fully saturated rings. The molecule has 2 aromatic rings. The van der Waals surface area contributed by atoms with Gasteiger partial charge in [0.2, 0.25) is 5.91 Å². The largest absolute Gasteiger partial charge is 0.392 e. The maximum absolute atomic E-state index is 13.7. The van der Waals surface area contributed by atoms with Crippen LogP contribution >= 0.6 is 11.6 Å². The molecule has 0 unspecified atom stereocenters. The van der Waals surface area contributed by atoms with Crippen LogP contribution in [0.5, 0.6) is 0 Å². The minimum atomic E-state index is -0.430. The predicted molar refractivity (Wildman–Crippen MR) is 88.7 cm³/mol. The van der Waals surface area contributed by atoms with Gasteiger partial charge in [-0.1, -0.05) is 29.8 Å². The molecule has 2 N–H and O–H groups in total. The van der Waals surface area contributed by atoms with Gasteiger partial charge in [0.25, 0.3) is 0 Å². The molecule has 0 aliphatic rings. The molecular weight excluding hydrogens is 319 g/mol. The molecule has 122 valence electrons. The Morgan fingerprint density at radius 1 is 1.30 bits per heavy atom.